The Kier molecular flexibility index (Phi) is 5.72. The molecule has 0 bridgehead atoms. The van der Waals surface area contributed by atoms with Crippen LogP contribution in [0.3, 0.4) is 0 Å². The average molecular weight is 365 g/mol. The molecule has 0 amide bonds. The number of rotatable bonds is 8. The van der Waals surface area contributed by atoms with Crippen LogP contribution in [0, 0.1) is 0 Å². The topological polar surface area (TPSA) is 51.4 Å². The standard InChI is InChI=1S/C17H17F2N3O2S/c1-2-22(10-12-6-5-9-25-12)11-15-20-16(21-24-15)13-7-3-4-8-14(13)23-17(18)19/h3-9,17H,2,10-11H2,1H3. The summed E-state index contributed by atoms with van der Waals surface area (Å²) in [6, 6.07) is 10.5. The third kappa shape index (κ3) is 4.61. The first-order valence-corrected chi connectivity index (χ1v) is 8.65. The van der Waals surface area contributed by atoms with Gasteiger partial charge in [-0.2, -0.15) is 13.8 Å². The molecule has 0 spiro atoms. The van der Waals surface area contributed by atoms with Crippen LogP contribution in [0.4, 0.5) is 8.78 Å². The molecule has 2 heterocycles. The molecule has 0 aliphatic rings. The number of halogens is 2. The van der Waals surface area contributed by atoms with Crippen molar-refractivity contribution in [2.45, 2.75) is 26.6 Å². The van der Waals surface area contributed by atoms with Gasteiger partial charge in [0.05, 0.1) is 12.1 Å². The number of nitrogens with zero attached hydrogens (tertiary/aromatic N) is 3. The number of hydrogen-bond acceptors (Lipinski definition) is 6. The largest absolute Gasteiger partial charge is 0.434 e. The van der Waals surface area contributed by atoms with Crippen LogP contribution < -0.4 is 4.74 Å². The van der Waals surface area contributed by atoms with Crippen LogP contribution >= 0.6 is 11.3 Å². The predicted octanol–water partition coefficient (Wildman–Crippen LogP) is 4.42. The monoisotopic (exact) mass is 365 g/mol. The summed E-state index contributed by atoms with van der Waals surface area (Å²) in [5.41, 5.74) is 0.374. The molecule has 3 aromatic rings. The number of para-hydroxylation sites is 1. The van der Waals surface area contributed by atoms with Crippen molar-refractivity contribution in [3.8, 4) is 17.1 Å². The Bertz CT molecular complexity index is 793. The van der Waals surface area contributed by atoms with Gasteiger partial charge < -0.3 is 9.26 Å². The molecule has 8 heteroatoms. The summed E-state index contributed by atoms with van der Waals surface area (Å²) in [6.07, 6.45) is 0. The van der Waals surface area contributed by atoms with E-state index >= 15 is 0 Å². The van der Waals surface area contributed by atoms with E-state index < -0.39 is 6.61 Å². The van der Waals surface area contributed by atoms with E-state index in [9.17, 15) is 8.78 Å². The van der Waals surface area contributed by atoms with Crippen LogP contribution in [0.15, 0.2) is 46.3 Å². The second-order valence-corrected chi connectivity index (χ2v) is 6.30. The fourth-order valence-corrected chi connectivity index (χ4v) is 3.12. The fourth-order valence-electron chi connectivity index (χ4n) is 2.37. The molecule has 0 atom stereocenters. The molecule has 0 aliphatic heterocycles. The highest BCUT2D eigenvalue weighted by atomic mass is 32.1. The molecule has 0 saturated carbocycles. The van der Waals surface area contributed by atoms with E-state index in [1.54, 1.807) is 29.5 Å². The van der Waals surface area contributed by atoms with Crippen molar-refractivity contribution in [3.05, 3.63) is 52.5 Å². The number of benzene rings is 1. The Labute approximate surface area is 147 Å². The maximum Gasteiger partial charge on any atom is 0.387 e. The Morgan fingerprint density at radius 1 is 1.20 bits per heavy atom. The Morgan fingerprint density at radius 2 is 2.04 bits per heavy atom. The first-order valence-electron chi connectivity index (χ1n) is 7.77. The molecule has 0 radical (unpaired) electrons. The van der Waals surface area contributed by atoms with Gasteiger partial charge >= 0.3 is 6.61 Å². The van der Waals surface area contributed by atoms with Crippen LogP contribution in [0.2, 0.25) is 0 Å². The summed E-state index contributed by atoms with van der Waals surface area (Å²) in [5, 5.41) is 5.94. The summed E-state index contributed by atoms with van der Waals surface area (Å²) in [7, 11) is 0. The van der Waals surface area contributed by atoms with Crippen molar-refractivity contribution in [1.29, 1.82) is 0 Å². The van der Waals surface area contributed by atoms with E-state index in [0.29, 0.717) is 18.0 Å². The highest BCUT2D eigenvalue weighted by Gasteiger charge is 2.17. The third-order valence-corrected chi connectivity index (χ3v) is 4.44. The van der Waals surface area contributed by atoms with Gasteiger partial charge in [0, 0.05) is 11.4 Å². The van der Waals surface area contributed by atoms with Crippen LogP contribution in [-0.4, -0.2) is 28.2 Å². The molecule has 0 N–H and O–H groups in total. The zero-order valence-electron chi connectivity index (χ0n) is 13.6. The molecule has 1 aromatic carbocycles. The molecule has 5 nitrogen and oxygen atoms in total. The van der Waals surface area contributed by atoms with Gasteiger partial charge in [-0.25, -0.2) is 0 Å². The molecule has 0 fully saturated rings. The highest BCUT2D eigenvalue weighted by Crippen LogP contribution is 2.29. The van der Waals surface area contributed by atoms with Gasteiger partial charge in [0.1, 0.15) is 5.75 Å². The van der Waals surface area contributed by atoms with E-state index in [4.69, 9.17) is 4.52 Å². The van der Waals surface area contributed by atoms with Crippen LogP contribution in [0.5, 0.6) is 5.75 Å². The van der Waals surface area contributed by atoms with E-state index in [2.05, 4.69) is 32.8 Å². The lowest BCUT2D eigenvalue weighted by Crippen LogP contribution is -2.21. The number of thiophene rings is 1. The van der Waals surface area contributed by atoms with Crippen molar-refractivity contribution >= 4 is 11.3 Å². The summed E-state index contributed by atoms with van der Waals surface area (Å²) < 4.78 is 34.9. The average Bonchev–Trinajstić information content (AvgIpc) is 3.26. The third-order valence-electron chi connectivity index (χ3n) is 3.58. The minimum Gasteiger partial charge on any atom is -0.434 e. The van der Waals surface area contributed by atoms with Gasteiger partial charge in [-0.05, 0) is 30.1 Å². The van der Waals surface area contributed by atoms with Crippen molar-refractivity contribution in [3.63, 3.8) is 0 Å². The van der Waals surface area contributed by atoms with Crippen molar-refractivity contribution in [2.24, 2.45) is 0 Å². The molecule has 0 unspecified atom stereocenters. The minimum absolute atomic E-state index is 0.0239. The Hall–Kier alpha value is -2.32. The van der Waals surface area contributed by atoms with Gasteiger partial charge in [0.25, 0.3) is 0 Å². The van der Waals surface area contributed by atoms with Gasteiger partial charge in [-0.15, -0.1) is 11.3 Å². The summed E-state index contributed by atoms with van der Waals surface area (Å²) in [5.74, 6) is 0.689. The Balaban J connectivity index is 1.74. The summed E-state index contributed by atoms with van der Waals surface area (Å²) >= 11 is 1.69. The van der Waals surface area contributed by atoms with Gasteiger partial charge in [-0.1, -0.05) is 30.3 Å². The van der Waals surface area contributed by atoms with E-state index in [-0.39, 0.29) is 11.6 Å². The molecular formula is C17H17F2N3O2S. The molecule has 2 aromatic heterocycles. The van der Waals surface area contributed by atoms with Crippen molar-refractivity contribution in [1.82, 2.24) is 15.0 Å². The predicted molar refractivity (Wildman–Crippen MR) is 90.5 cm³/mol. The number of aromatic nitrogens is 2. The fraction of sp³-hybridized carbons (Fsp3) is 0.294. The van der Waals surface area contributed by atoms with E-state index in [1.807, 2.05) is 11.4 Å². The van der Waals surface area contributed by atoms with Crippen molar-refractivity contribution < 1.29 is 18.0 Å². The molecule has 0 aliphatic carbocycles. The maximum atomic E-state index is 12.5. The quantitative estimate of drug-likeness (QED) is 0.591. The number of ether oxygens (including phenoxy) is 1. The first-order chi connectivity index (χ1) is 12.2. The normalized spacial score (nSPS) is 11.4. The molecular weight excluding hydrogens is 348 g/mol. The van der Waals surface area contributed by atoms with Crippen LogP contribution in [0.1, 0.15) is 17.7 Å². The zero-order chi connectivity index (χ0) is 17.6. The van der Waals surface area contributed by atoms with Crippen molar-refractivity contribution in [2.75, 3.05) is 6.54 Å². The lowest BCUT2D eigenvalue weighted by Gasteiger charge is -2.16. The van der Waals surface area contributed by atoms with E-state index in [1.165, 1.54) is 10.9 Å². The first kappa shape index (κ1) is 17.5. The Morgan fingerprint density at radius 3 is 2.76 bits per heavy atom. The van der Waals surface area contributed by atoms with E-state index in [0.717, 1.165) is 13.1 Å². The highest BCUT2D eigenvalue weighted by molar-refractivity contribution is 7.09. The van der Waals surface area contributed by atoms with Gasteiger partial charge in [-0.3, -0.25) is 4.90 Å². The SMILES string of the molecule is CCN(Cc1nc(-c2ccccc2OC(F)F)no1)Cc1cccs1. The number of alkyl halides is 2. The lowest BCUT2D eigenvalue weighted by atomic mass is 10.2. The molecule has 0 saturated heterocycles. The summed E-state index contributed by atoms with van der Waals surface area (Å²) in [6.45, 7) is 1.24. The maximum absolute atomic E-state index is 12.5. The van der Waals surface area contributed by atoms with Gasteiger partial charge in [0.2, 0.25) is 11.7 Å². The zero-order valence-corrected chi connectivity index (χ0v) is 14.4. The molecule has 132 valence electrons. The van der Waals surface area contributed by atoms with Crippen LogP contribution in [0.25, 0.3) is 11.4 Å². The summed E-state index contributed by atoms with van der Waals surface area (Å²) in [4.78, 5) is 7.73. The second kappa shape index (κ2) is 8.17. The van der Waals surface area contributed by atoms with Crippen LogP contribution in [-0.2, 0) is 13.1 Å². The lowest BCUT2D eigenvalue weighted by molar-refractivity contribution is -0.0494. The molecule has 25 heavy (non-hydrogen) atoms. The molecule has 3 rings (SSSR count). The smallest absolute Gasteiger partial charge is 0.387 e. The second-order valence-electron chi connectivity index (χ2n) is 5.27. The minimum atomic E-state index is -2.91. The number of hydrogen-bond donors (Lipinski definition) is 0. The van der Waals surface area contributed by atoms with Gasteiger partial charge in [0.15, 0.2) is 0 Å².